The van der Waals surface area contributed by atoms with Gasteiger partial charge in [0.1, 0.15) is 0 Å². The Kier molecular flexibility index (Phi) is 4.35. The summed E-state index contributed by atoms with van der Waals surface area (Å²) in [5.74, 6) is 0. The lowest BCUT2D eigenvalue weighted by molar-refractivity contribution is 1.13. The number of hydrogen-bond acceptors (Lipinski definition) is 2. The largest absolute Gasteiger partial charge is 0.378 e. The van der Waals surface area contributed by atoms with Crippen LogP contribution in [0, 0.1) is 0 Å². The summed E-state index contributed by atoms with van der Waals surface area (Å²) in [6.07, 6.45) is 2.97. The highest BCUT2D eigenvalue weighted by Gasteiger charge is 1.94. The molecule has 0 N–H and O–H groups in total. The van der Waals surface area contributed by atoms with Crippen LogP contribution in [0.3, 0.4) is 0 Å². The lowest BCUT2D eigenvalue weighted by Gasteiger charge is -2.11. The first kappa shape index (κ1) is 13.3. The maximum absolute atomic E-state index is 4.49. The van der Waals surface area contributed by atoms with Crippen LogP contribution in [0.25, 0.3) is 0 Å². The van der Waals surface area contributed by atoms with Crippen molar-refractivity contribution in [3.63, 3.8) is 0 Å². The number of aliphatic imine (C=N–C) groups is 1. The second-order valence-electron chi connectivity index (χ2n) is 4.76. The van der Waals surface area contributed by atoms with Crippen LogP contribution in [0.5, 0.6) is 0 Å². The zero-order valence-electron chi connectivity index (χ0n) is 11.8. The molecule has 2 nitrogen and oxygen atoms in total. The summed E-state index contributed by atoms with van der Waals surface area (Å²) in [6.45, 7) is 2.16. The van der Waals surface area contributed by atoms with E-state index in [0.29, 0.717) is 0 Å². The molecule has 0 saturated carbocycles. The SMILES string of the molecule is CCc1ccc(N=Cc2ccc(N(C)C)cc2)cc1. The van der Waals surface area contributed by atoms with Gasteiger partial charge < -0.3 is 4.90 Å². The van der Waals surface area contributed by atoms with Crippen LogP contribution in [0.15, 0.2) is 53.5 Å². The lowest BCUT2D eigenvalue weighted by atomic mass is 10.1. The van der Waals surface area contributed by atoms with Crippen molar-refractivity contribution in [3.8, 4) is 0 Å². The minimum Gasteiger partial charge on any atom is -0.378 e. The molecule has 0 radical (unpaired) electrons. The summed E-state index contributed by atoms with van der Waals surface area (Å²) in [5.41, 5.74) is 4.65. The van der Waals surface area contributed by atoms with Gasteiger partial charge in [0.2, 0.25) is 0 Å². The Morgan fingerprint density at radius 3 is 2.11 bits per heavy atom. The van der Waals surface area contributed by atoms with E-state index in [2.05, 4.69) is 65.3 Å². The summed E-state index contributed by atoms with van der Waals surface area (Å²) in [4.78, 5) is 6.58. The highest BCUT2D eigenvalue weighted by Crippen LogP contribution is 2.15. The minimum absolute atomic E-state index is 0.994. The van der Waals surface area contributed by atoms with Crippen molar-refractivity contribution in [2.75, 3.05) is 19.0 Å². The van der Waals surface area contributed by atoms with E-state index in [4.69, 9.17) is 0 Å². The Bertz CT molecular complexity index is 536. The molecule has 0 aliphatic carbocycles. The molecule has 0 aromatic heterocycles. The van der Waals surface area contributed by atoms with Crippen LogP contribution in [0.2, 0.25) is 0 Å². The van der Waals surface area contributed by atoms with Gasteiger partial charge in [0, 0.05) is 26.0 Å². The van der Waals surface area contributed by atoms with Crippen molar-refractivity contribution in [3.05, 3.63) is 59.7 Å². The summed E-state index contributed by atoms with van der Waals surface area (Å²) in [5, 5.41) is 0. The number of rotatable bonds is 4. The van der Waals surface area contributed by atoms with Crippen LogP contribution in [-0.4, -0.2) is 20.3 Å². The molecule has 0 saturated heterocycles. The first-order valence-corrected chi connectivity index (χ1v) is 6.59. The predicted molar refractivity (Wildman–Crippen MR) is 83.8 cm³/mol. The van der Waals surface area contributed by atoms with Crippen molar-refractivity contribution in [2.45, 2.75) is 13.3 Å². The van der Waals surface area contributed by atoms with Gasteiger partial charge in [-0.15, -0.1) is 0 Å². The number of hydrogen-bond donors (Lipinski definition) is 0. The third-order valence-corrected chi connectivity index (χ3v) is 3.12. The smallest absolute Gasteiger partial charge is 0.0630 e. The Morgan fingerprint density at radius 1 is 0.947 bits per heavy atom. The molecule has 0 atom stereocenters. The maximum atomic E-state index is 4.49. The molecule has 2 heteroatoms. The number of aryl methyl sites for hydroxylation is 1. The molecule has 0 amide bonds. The van der Waals surface area contributed by atoms with Gasteiger partial charge in [0.15, 0.2) is 0 Å². The van der Waals surface area contributed by atoms with Crippen LogP contribution < -0.4 is 4.90 Å². The molecule has 2 rings (SSSR count). The van der Waals surface area contributed by atoms with Crippen molar-refractivity contribution in [1.82, 2.24) is 0 Å². The standard InChI is InChI=1S/C17H20N2/c1-4-14-5-9-16(10-6-14)18-13-15-7-11-17(12-8-15)19(2)3/h5-13H,4H2,1-3H3. The van der Waals surface area contributed by atoms with E-state index in [-0.39, 0.29) is 0 Å². The van der Waals surface area contributed by atoms with Crippen molar-refractivity contribution >= 4 is 17.6 Å². The maximum Gasteiger partial charge on any atom is 0.0630 e. The average molecular weight is 252 g/mol. The van der Waals surface area contributed by atoms with E-state index in [9.17, 15) is 0 Å². The van der Waals surface area contributed by atoms with E-state index < -0.39 is 0 Å². The van der Waals surface area contributed by atoms with E-state index in [1.165, 1.54) is 11.3 Å². The quantitative estimate of drug-likeness (QED) is 0.749. The van der Waals surface area contributed by atoms with Gasteiger partial charge in [0.05, 0.1) is 5.69 Å². The molecular formula is C17H20N2. The molecule has 0 aliphatic rings. The van der Waals surface area contributed by atoms with Gasteiger partial charge in [-0.3, -0.25) is 4.99 Å². The number of benzene rings is 2. The van der Waals surface area contributed by atoms with E-state index in [0.717, 1.165) is 17.7 Å². The molecule has 0 spiro atoms. The van der Waals surface area contributed by atoms with E-state index in [1.54, 1.807) is 0 Å². The van der Waals surface area contributed by atoms with Gasteiger partial charge in [0.25, 0.3) is 0 Å². The van der Waals surface area contributed by atoms with Gasteiger partial charge in [-0.05, 0) is 41.8 Å². The summed E-state index contributed by atoms with van der Waals surface area (Å²) < 4.78 is 0. The van der Waals surface area contributed by atoms with Crippen molar-refractivity contribution in [1.29, 1.82) is 0 Å². The fraction of sp³-hybridized carbons (Fsp3) is 0.235. The molecule has 0 bridgehead atoms. The van der Waals surface area contributed by atoms with Crippen molar-refractivity contribution in [2.24, 2.45) is 4.99 Å². The number of nitrogens with zero attached hydrogens (tertiary/aromatic N) is 2. The second-order valence-corrected chi connectivity index (χ2v) is 4.76. The third kappa shape index (κ3) is 3.68. The van der Waals surface area contributed by atoms with Crippen LogP contribution in [-0.2, 0) is 6.42 Å². The monoisotopic (exact) mass is 252 g/mol. The Labute approximate surface area is 115 Å². The minimum atomic E-state index is 0.994. The zero-order valence-corrected chi connectivity index (χ0v) is 11.8. The first-order valence-electron chi connectivity index (χ1n) is 6.59. The third-order valence-electron chi connectivity index (χ3n) is 3.12. The molecule has 2 aromatic carbocycles. The van der Waals surface area contributed by atoms with E-state index in [1.807, 2.05) is 20.3 Å². The van der Waals surface area contributed by atoms with Crippen LogP contribution in [0.1, 0.15) is 18.1 Å². The highest BCUT2D eigenvalue weighted by molar-refractivity contribution is 5.82. The Balaban J connectivity index is 2.08. The molecule has 98 valence electrons. The van der Waals surface area contributed by atoms with Gasteiger partial charge >= 0.3 is 0 Å². The molecule has 0 aliphatic heterocycles. The lowest BCUT2D eigenvalue weighted by Crippen LogP contribution is -2.08. The highest BCUT2D eigenvalue weighted by atomic mass is 15.1. The topological polar surface area (TPSA) is 15.6 Å². The van der Waals surface area contributed by atoms with Gasteiger partial charge in [-0.25, -0.2) is 0 Å². The summed E-state index contributed by atoms with van der Waals surface area (Å²) in [6, 6.07) is 16.7. The molecule has 0 heterocycles. The average Bonchev–Trinajstić information content (AvgIpc) is 2.46. The summed E-state index contributed by atoms with van der Waals surface area (Å²) in [7, 11) is 4.08. The molecule has 19 heavy (non-hydrogen) atoms. The molecule has 0 unspecified atom stereocenters. The fourth-order valence-corrected chi connectivity index (χ4v) is 1.83. The Morgan fingerprint density at radius 2 is 1.58 bits per heavy atom. The Hall–Kier alpha value is -2.09. The second kappa shape index (κ2) is 6.19. The van der Waals surface area contributed by atoms with Gasteiger partial charge in [-0.2, -0.15) is 0 Å². The zero-order chi connectivity index (χ0) is 13.7. The predicted octanol–water partition coefficient (Wildman–Crippen LogP) is 4.07. The molecule has 0 fully saturated rings. The van der Waals surface area contributed by atoms with E-state index >= 15 is 0 Å². The molecular weight excluding hydrogens is 232 g/mol. The first-order chi connectivity index (χ1) is 9.19. The normalized spacial score (nSPS) is 10.9. The van der Waals surface area contributed by atoms with Gasteiger partial charge in [-0.1, -0.05) is 31.2 Å². The van der Waals surface area contributed by atoms with Crippen LogP contribution >= 0.6 is 0 Å². The summed E-state index contributed by atoms with van der Waals surface area (Å²) >= 11 is 0. The number of anilines is 1. The molecule has 2 aromatic rings. The van der Waals surface area contributed by atoms with Crippen LogP contribution in [0.4, 0.5) is 11.4 Å². The van der Waals surface area contributed by atoms with Crippen molar-refractivity contribution < 1.29 is 0 Å². The fourth-order valence-electron chi connectivity index (χ4n) is 1.83.